The Labute approximate surface area is 88.3 Å². The first-order valence-corrected chi connectivity index (χ1v) is 4.96. The largest absolute Gasteiger partial charge is 0.396 e. The molecular weight excluding hydrogens is 202 g/mol. The Morgan fingerprint density at radius 2 is 2.07 bits per heavy atom. The van der Waals surface area contributed by atoms with E-state index >= 15 is 0 Å². The van der Waals surface area contributed by atoms with E-state index in [2.05, 4.69) is 0 Å². The van der Waals surface area contributed by atoms with Crippen LogP contribution in [0.3, 0.4) is 0 Å². The predicted octanol–water partition coefficient (Wildman–Crippen LogP) is 0.413. The van der Waals surface area contributed by atoms with Crippen molar-refractivity contribution >= 4 is 0 Å². The second-order valence-electron chi connectivity index (χ2n) is 4.33. The van der Waals surface area contributed by atoms with Crippen LogP contribution in [0.1, 0.15) is 20.3 Å². The summed E-state index contributed by atoms with van der Waals surface area (Å²) < 4.78 is 10.5. The van der Waals surface area contributed by atoms with E-state index in [1.54, 1.807) is 0 Å². The minimum Gasteiger partial charge on any atom is -0.396 e. The monoisotopic (exact) mass is 219 g/mol. The molecule has 1 aliphatic heterocycles. The molecule has 0 saturated carbocycles. The fourth-order valence-corrected chi connectivity index (χ4v) is 1.61. The van der Waals surface area contributed by atoms with Crippen LogP contribution >= 0.6 is 0 Å². The van der Waals surface area contributed by atoms with E-state index in [-0.39, 0.29) is 23.9 Å². The third-order valence-corrected chi connectivity index (χ3v) is 2.52. The molecule has 0 aromatic rings. The van der Waals surface area contributed by atoms with Crippen molar-refractivity contribution in [1.82, 2.24) is 0 Å². The van der Waals surface area contributed by atoms with Crippen molar-refractivity contribution in [1.29, 1.82) is 0 Å². The van der Waals surface area contributed by atoms with E-state index < -0.39 is 11.8 Å². The molecule has 0 aliphatic carbocycles. The van der Waals surface area contributed by atoms with Crippen LogP contribution in [-0.4, -0.2) is 41.7 Å². The van der Waals surface area contributed by atoms with E-state index in [0.29, 0.717) is 13.2 Å². The minimum absolute atomic E-state index is 0.165. The fraction of sp³-hybridized carbons (Fsp3) is 1.00. The smallest absolute Gasteiger partial charge is 0.217 e. The molecule has 1 saturated heterocycles. The first kappa shape index (κ1) is 12.4. The van der Waals surface area contributed by atoms with Gasteiger partial charge in [-0.2, -0.15) is 0 Å². The number of aliphatic hydroxyl groups is 1. The zero-order chi connectivity index (χ0) is 11.5. The van der Waals surface area contributed by atoms with Gasteiger partial charge in [-0.1, -0.05) is 0 Å². The Morgan fingerprint density at radius 3 is 2.47 bits per heavy atom. The first-order chi connectivity index (χ1) is 6.97. The molecule has 0 spiro atoms. The number of nitrogens with zero attached hydrogens (tertiary/aromatic N) is 1. The number of rotatable bonds is 5. The normalized spacial score (nSPS) is 20.5. The number of ether oxygens (including phenoxy) is 2. The van der Waals surface area contributed by atoms with Gasteiger partial charge in [-0.3, -0.25) is 10.1 Å². The Kier molecular flexibility index (Phi) is 4.01. The lowest BCUT2D eigenvalue weighted by atomic mass is 9.91. The summed E-state index contributed by atoms with van der Waals surface area (Å²) in [5.41, 5.74) is -1.07. The summed E-state index contributed by atoms with van der Waals surface area (Å²) in [4.78, 5) is 10.4. The van der Waals surface area contributed by atoms with Crippen LogP contribution in [-0.2, 0) is 9.47 Å². The van der Waals surface area contributed by atoms with Crippen LogP contribution in [0.5, 0.6) is 0 Å². The summed E-state index contributed by atoms with van der Waals surface area (Å²) in [5, 5.41) is 19.9. The topological polar surface area (TPSA) is 81.8 Å². The Hall–Kier alpha value is -0.720. The molecule has 1 atom stereocenters. The summed E-state index contributed by atoms with van der Waals surface area (Å²) in [6, 6.07) is 0. The van der Waals surface area contributed by atoms with Crippen molar-refractivity contribution in [3.05, 3.63) is 10.1 Å². The van der Waals surface area contributed by atoms with E-state index in [4.69, 9.17) is 14.6 Å². The lowest BCUT2D eigenvalue weighted by Crippen LogP contribution is -2.38. The van der Waals surface area contributed by atoms with Gasteiger partial charge in [0.25, 0.3) is 0 Å². The van der Waals surface area contributed by atoms with Gasteiger partial charge in [0.2, 0.25) is 5.54 Å². The molecule has 88 valence electrons. The van der Waals surface area contributed by atoms with Crippen molar-refractivity contribution in [2.75, 3.05) is 19.8 Å². The fourth-order valence-electron chi connectivity index (χ4n) is 1.61. The van der Waals surface area contributed by atoms with Gasteiger partial charge in [0, 0.05) is 31.1 Å². The molecule has 6 heteroatoms. The van der Waals surface area contributed by atoms with Gasteiger partial charge in [-0.05, 0) is 0 Å². The molecule has 1 fully saturated rings. The van der Waals surface area contributed by atoms with Gasteiger partial charge in [0.05, 0.1) is 19.8 Å². The van der Waals surface area contributed by atoms with Crippen molar-refractivity contribution < 1.29 is 19.5 Å². The van der Waals surface area contributed by atoms with Gasteiger partial charge in [-0.15, -0.1) is 0 Å². The van der Waals surface area contributed by atoms with Crippen LogP contribution in [0.2, 0.25) is 0 Å². The van der Waals surface area contributed by atoms with E-state index in [0.717, 1.165) is 0 Å². The van der Waals surface area contributed by atoms with Crippen molar-refractivity contribution in [2.24, 2.45) is 5.92 Å². The molecule has 1 rings (SSSR count). The summed E-state index contributed by atoms with van der Waals surface area (Å²) in [6.45, 7) is 3.87. The number of aliphatic hydroxyl groups excluding tert-OH is 1. The average Bonchev–Trinajstić information content (AvgIpc) is 2.66. The van der Waals surface area contributed by atoms with E-state index in [1.807, 2.05) is 0 Å². The summed E-state index contributed by atoms with van der Waals surface area (Å²) in [7, 11) is 0. The summed E-state index contributed by atoms with van der Waals surface area (Å²) in [6.07, 6.45) is -0.268. The Bertz CT molecular complexity index is 225. The standard InChI is InChI=1S/C9H17NO5/c1-9(2,10(12)13)5-7(6-11)8-14-3-4-15-8/h7-8,11H,3-6H2,1-2H3. The highest BCUT2D eigenvalue weighted by Crippen LogP contribution is 2.25. The SMILES string of the molecule is CC(C)(CC(CO)C1OCCO1)[N+](=O)[O-]. The third kappa shape index (κ3) is 3.12. The zero-order valence-corrected chi connectivity index (χ0v) is 9.01. The number of hydrogen-bond acceptors (Lipinski definition) is 5. The van der Waals surface area contributed by atoms with Crippen LogP contribution < -0.4 is 0 Å². The molecule has 15 heavy (non-hydrogen) atoms. The van der Waals surface area contributed by atoms with Crippen molar-refractivity contribution in [3.63, 3.8) is 0 Å². The van der Waals surface area contributed by atoms with Gasteiger partial charge in [-0.25, -0.2) is 0 Å². The summed E-state index contributed by atoms with van der Waals surface area (Å²) >= 11 is 0. The number of hydrogen-bond donors (Lipinski definition) is 1. The lowest BCUT2D eigenvalue weighted by molar-refractivity contribution is -0.563. The second-order valence-corrected chi connectivity index (χ2v) is 4.33. The first-order valence-electron chi connectivity index (χ1n) is 4.96. The quantitative estimate of drug-likeness (QED) is 0.535. The van der Waals surface area contributed by atoms with Gasteiger partial charge in [0.15, 0.2) is 6.29 Å². The molecular formula is C9H17NO5. The molecule has 1 heterocycles. The molecule has 0 radical (unpaired) electrons. The molecule has 0 bridgehead atoms. The molecule has 6 nitrogen and oxygen atoms in total. The Morgan fingerprint density at radius 1 is 1.53 bits per heavy atom. The average molecular weight is 219 g/mol. The Balaban J connectivity index is 2.56. The maximum atomic E-state index is 10.7. The highest BCUT2D eigenvalue weighted by molar-refractivity contribution is 4.76. The van der Waals surface area contributed by atoms with Gasteiger partial charge < -0.3 is 14.6 Å². The van der Waals surface area contributed by atoms with Crippen LogP contribution in [0, 0.1) is 16.0 Å². The third-order valence-electron chi connectivity index (χ3n) is 2.52. The molecule has 0 aromatic heterocycles. The van der Waals surface area contributed by atoms with E-state index in [1.165, 1.54) is 13.8 Å². The molecule has 0 aromatic carbocycles. The maximum Gasteiger partial charge on any atom is 0.217 e. The molecule has 0 amide bonds. The minimum atomic E-state index is -1.07. The molecule has 1 N–H and O–H groups in total. The maximum absolute atomic E-state index is 10.7. The van der Waals surface area contributed by atoms with Crippen molar-refractivity contribution in [2.45, 2.75) is 32.1 Å². The molecule has 1 aliphatic rings. The van der Waals surface area contributed by atoms with Gasteiger partial charge >= 0.3 is 0 Å². The van der Waals surface area contributed by atoms with Crippen LogP contribution in [0.15, 0.2) is 0 Å². The highest BCUT2D eigenvalue weighted by Gasteiger charge is 2.38. The van der Waals surface area contributed by atoms with Crippen molar-refractivity contribution in [3.8, 4) is 0 Å². The van der Waals surface area contributed by atoms with Crippen LogP contribution in [0.4, 0.5) is 0 Å². The van der Waals surface area contributed by atoms with E-state index in [9.17, 15) is 10.1 Å². The zero-order valence-electron chi connectivity index (χ0n) is 9.01. The number of nitro groups is 1. The van der Waals surface area contributed by atoms with Crippen LogP contribution in [0.25, 0.3) is 0 Å². The highest BCUT2D eigenvalue weighted by atomic mass is 16.7. The predicted molar refractivity (Wildman–Crippen MR) is 52.0 cm³/mol. The molecule has 1 unspecified atom stereocenters. The second kappa shape index (κ2) is 4.87. The van der Waals surface area contributed by atoms with Gasteiger partial charge in [0.1, 0.15) is 0 Å². The lowest BCUT2D eigenvalue weighted by Gasteiger charge is -2.24. The summed E-state index contributed by atoms with van der Waals surface area (Å²) in [5.74, 6) is -0.340.